The van der Waals surface area contributed by atoms with Gasteiger partial charge in [0.15, 0.2) is 0 Å². The van der Waals surface area contributed by atoms with Crippen molar-refractivity contribution in [3.8, 4) is 11.3 Å². The lowest BCUT2D eigenvalue weighted by molar-refractivity contribution is 1.06. The van der Waals surface area contributed by atoms with E-state index in [1.54, 1.807) is 12.3 Å². The standard InChI is InChI=1S/C13H11N5O/c19-13-10(8-14-11-6-7-15-16-11)12(17-18-13)9-4-2-1-3-5-9/h1-8H,(H,15,16)(H2,17,18,19)/b14-8+. The Balaban J connectivity index is 2.02. The zero-order valence-electron chi connectivity index (χ0n) is 9.92. The van der Waals surface area contributed by atoms with Crippen molar-refractivity contribution in [3.05, 3.63) is 58.5 Å². The van der Waals surface area contributed by atoms with E-state index in [1.165, 1.54) is 6.21 Å². The smallest absolute Gasteiger partial charge is 0.273 e. The Labute approximate surface area is 108 Å². The molecular formula is C13H11N5O. The number of aromatic nitrogens is 4. The third kappa shape index (κ3) is 2.23. The topological polar surface area (TPSA) is 89.7 Å². The van der Waals surface area contributed by atoms with Gasteiger partial charge in [-0.1, -0.05) is 30.3 Å². The Morgan fingerprint density at radius 3 is 2.68 bits per heavy atom. The highest BCUT2D eigenvalue weighted by atomic mass is 16.1. The first kappa shape index (κ1) is 11.2. The minimum Gasteiger partial charge on any atom is -0.297 e. The monoisotopic (exact) mass is 253 g/mol. The van der Waals surface area contributed by atoms with Gasteiger partial charge in [0.2, 0.25) is 0 Å². The van der Waals surface area contributed by atoms with Crippen molar-refractivity contribution in [2.75, 3.05) is 0 Å². The summed E-state index contributed by atoms with van der Waals surface area (Å²) in [5.74, 6) is 0.597. The maximum absolute atomic E-state index is 11.8. The molecule has 0 atom stereocenters. The van der Waals surface area contributed by atoms with Crippen LogP contribution in [-0.2, 0) is 0 Å². The van der Waals surface area contributed by atoms with Crippen LogP contribution in [0.1, 0.15) is 5.56 Å². The molecule has 3 aromatic rings. The van der Waals surface area contributed by atoms with Crippen molar-refractivity contribution in [1.29, 1.82) is 0 Å². The van der Waals surface area contributed by atoms with Crippen LogP contribution >= 0.6 is 0 Å². The lowest BCUT2D eigenvalue weighted by atomic mass is 10.1. The maximum Gasteiger partial charge on any atom is 0.273 e. The van der Waals surface area contributed by atoms with E-state index in [2.05, 4.69) is 25.4 Å². The van der Waals surface area contributed by atoms with E-state index in [9.17, 15) is 4.79 Å². The van der Waals surface area contributed by atoms with Crippen molar-refractivity contribution in [2.45, 2.75) is 0 Å². The minimum absolute atomic E-state index is 0.206. The quantitative estimate of drug-likeness (QED) is 0.622. The van der Waals surface area contributed by atoms with E-state index in [1.807, 2.05) is 30.3 Å². The summed E-state index contributed by atoms with van der Waals surface area (Å²) in [5.41, 5.74) is 1.92. The van der Waals surface area contributed by atoms with Gasteiger partial charge in [-0.05, 0) is 0 Å². The van der Waals surface area contributed by atoms with Gasteiger partial charge < -0.3 is 0 Å². The third-order valence-corrected chi connectivity index (χ3v) is 2.70. The summed E-state index contributed by atoms with van der Waals surface area (Å²) in [5, 5.41) is 11.9. The van der Waals surface area contributed by atoms with Crippen LogP contribution in [0.5, 0.6) is 0 Å². The highest BCUT2D eigenvalue weighted by molar-refractivity contribution is 5.89. The average molecular weight is 253 g/mol. The fraction of sp³-hybridized carbons (Fsp3) is 0. The summed E-state index contributed by atoms with van der Waals surface area (Å²) < 4.78 is 0. The molecule has 6 nitrogen and oxygen atoms in total. The number of benzene rings is 1. The molecule has 19 heavy (non-hydrogen) atoms. The van der Waals surface area contributed by atoms with Crippen LogP contribution in [-0.4, -0.2) is 26.6 Å². The van der Waals surface area contributed by atoms with Gasteiger partial charge in [0.05, 0.1) is 17.5 Å². The van der Waals surface area contributed by atoms with Crippen molar-refractivity contribution in [2.24, 2.45) is 4.99 Å². The predicted octanol–water partition coefficient (Wildman–Crippen LogP) is 1.84. The van der Waals surface area contributed by atoms with Crippen LogP contribution in [0.15, 0.2) is 52.4 Å². The third-order valence-electron chi connectivity index (χ3n) is 2.70. The van der Waals surface area contributed by atoms with Gasteiger partial charge >= 0.3 is 0 Å². The van der Waals surface area contributed by atoms with Gasteiger partial charge in [-0.25, -0.2) is 4.99 Å². The first-order valence-electron chi connectivity index (χ1n) is 5.74. The molecule has 6 heteroatoms. The molecule has 0 saturated heterocycles. The van der Waals surface area contributed by atoms with E-state index in [0.29, 0.717) is 17.1 Å². The molecule has 0 amide bonds. The molecule has 0 aliphatic heterocycles. The van der Waals surface area contributed by atoms with Gasteiger partial charge in [-0.15, -0.1) is 0 Å². The Morgan fingerprint density at radius 2 is 1.95 bits per heavy atom. The van der Waals surface area contributed by atoms with Crippen molar-refractivity contribution < 1.29 is 0 Å². The van der Waals surface area contributed by atoms with Crippen LogP contribution in [0, 0.1) is 0 Å². The molecule has 2 aromatic heterocycles. The van der Waals surface area contributed by atoms with E-state index < -0.39 is 0 Å². The Morgan fingerprint density at radius 1 is 1.11 bits per heavy atom. The normalized spacial score (nSPS) is 11.2. The van der Waals surface area contributed by atoms with Crippen LogP contribution in [0.4, 0.5) is 5.82 Å². The molecule has 3 N–H and O–H groups in total. The van der Waals surface area contributed by atoms with Crippen LogP contribution in [0.3, 0.4) is 0 Å². The molecule has 0 saturated carbocycles. The number of aliphatic imine (C=N–C) groups is 1. The van der Waals surface area contributed by atoms with Gasteiger partial charge in [0.1, 0.15) is 5.82 Å². The number of hydrogen-bond acceptors (Lipinski definition) is 3. The Kier molecular flexibility index (Phi) is 2.82. The molecule has 0 unspecified atom stereocenters. The fourth-order valence-electron chi connectivity index (χ4n) is 1.78. The Bertz CT molecular complexity index is 737. The lowest BCUT2D eigenvalue weighted by Gasteiger charge is -1.97. The van der Waals surface area contributed by atoms with Gasteiger partial charge in [0.25, 0.3) is 5.56 Å². The summed E-state index contributed by atoms with van der Waals surface area (Å²) in [6.07, 6.45) is 3.12. The molecule has 0 radical (unpaired) electrons. The Hall–Kier alpha value is -2.89. The van der Waals surface area contributed by atoms with Gasteiger partial charge in [-0.2, -0.15) is 5.10 Å². The number of rotatable bonds is 3. The summed E-state index contributed by atoms with van der Waals surface area (Å²) >= 11 is 0. The second-order valence-electron chi connectivity index (χ2n) is 3.93. The zero-order valence-corrected chi connectivity index (χ0v) is 9.92. The molecule has 0 aliphatic rings. The second kappa shape index (κ2) is 4.77. The molecule has 0 fully saturated rings. The molecule has 3 rings (SSSR count). The van der Waals surface area contributed by atoms with Crippen molar-refractivity contribution in [3.63, 3.8) is 0 Å². The SMILES string of the molecule is O=c1[nH][nH]c(-c2ccccc2)c1/C=N/c1ccn[nH]1. The van der Waals surface area contributed by atoms with E-state index in [4.69, 9.17) is 0 Å². The molecule has 0 spiro atoms. The molecule has 0 bridgehead atoms. The zero-order chi connectivity index (χ0) is 13.1. The van der Waals surface area contributed by atoms with Crippen molar-refractivity contribution >= 4 is 12.0 Å². The van der Waals surface area contributed by atoms with Crippen LogP contribution < -0.4 is 5.56 Å². The van der Waals surface area contributed by atoms with E-state index >= 15 is 0 Å². The summed E-state index contributed by atoms with van der Waals surface area (Å²) in [6, 6.07) is 11.3. The number of aromatic amines is 3. The minimum atomic E-state index is -0.206. The first-order chi connectivity index (χ1) is 9.34. The lowest BCUT2D eigenvalue weighted by Crippen LogP contribution is -2.05. The molecule has 0 aliphatic carbocycles. The van der Waals surface area contributed by atoms with Gasteiger partial charge in [0, 0.05) is 17.8 Å². The number of nitrogens with zero attached hydrogens (tertiary/aromatic N) is 2. The molecule has 1 aromatic carbocycles. The second-order valence-corrected chi connectivity index (χ2v) is 3.93. The number of hydrogen-bond donors (Lipinski definition) is 3. The predicted molar refractivity (Wildman–Crippen MR) is 72.7 cm³/mol. The largest absolute Gasteiger partial charge is 0.297 e. The molecule has 94 valence electrons. The van der Waals surface area contributed by atoms with E-state index in [0.717, 1.165) is 5.56 Å². The molecule has 2 heterocycles. The maximum atomic E-state index is 11.8. The summed E-state index contributed by atoms with van der Waals surface area (Å²) in [4.78, 5) is 15.9. The van der Waals surface area contributed by atoms with Crippen LogP contribution in [0.2, 0.25) is 0 Å². The van der Waals surface area contributed by atoms with E-state index in [-0.39, 0.29) is 5.56 Å². The van der Waals surface area contributed by atoms with Gasteiger partial charge in [-0.3, -0.25) is 20.1 Å². The highest BCUT2D eigenvalue weighted by Gasteiger charge is 2.09. The fourth-order valence-corrected chi connectivity index (χ4v) is 1.78. The highest BCUT2D eigenvalue weighted by Crippen LogP contribution is 2.17. The number of nitrogens with one attached hydrogen (secondary N) is 3. The van der Waals surface area contributed by atoms with Crippen molar-refractivity contribution in [1.82, 2.24) is 20.4 Å². The average Bonchev–Trinajstić information content (AvgIpc) is 3.07. The summed E-state index contributed by atoms with van der Waals surface area (Å²) in [7, 11) is 0. The summed E-state index contributed by atoms with van der Waals surface area (Å²) in [6.45, 7) is 0. The number of H-pyrrole nitrogens is 3. The first-order valence-corrected chi connectivity index (χ1v) is 5.74. The molecular weight excluding hydrogens is 242 g/mol. The van der Waals surface area contributed by atoms with Crippen LogP contribution in [0.25, 0.3) is 11.3 Å².